The molecule has 0 fully saturated rings. The van der Waals surface area contributed by atoms with Crippen LogP contribution in [0.3, 0.4) is 0 Å². The van der Waals surface area contributed by atoms with Crippen LogP contribution >= 0.6 is 11.3 Å². The van der Waals surface area contributed by atoms with E-state index >= 15 is 0 Å². The van der Waals surface area contributed by atoms with Gasteiger partial charge in [-0.2, -0.15) is 0 Å². The second kappa shape index (κ2) is 6.21. The number of thiazole rings is 1. The van der Waals surface area contributed by atoms with E-state index in [0.717, 1.165) is 0 Å². The molecule has 20 heavy (non-hydrogen) atoms. The molecular weight excluding hydrogens is 300 g/mol. The lowest BCUT2D eigenvalue weighted by Crippen LogP contribution is -2.13. The Kier molecular flexibility index (Phi) is 4.58. The maximum absolute atomic E-state index is 12.2. The monoisotopic (exact) mass is 314 g/mol. The molecular formula is C12H14N2O4S2. The minimum absolute atomic E-state index is 0.0557. The number of hydrogen-bond acceptors (Lipinski definition) is 6. The quantitative estimate of drug-likeness (QED) is 0.849. The van der Waals surface area contributed by atoms with E-state index in [1.807, 2.05) is 6.92 Å². The number of nitrogens with one attached hydrogen (secondary N) is 1. The molecule has 1 aromatic heterocycles. The van der Waals surface area contributed by atoms with E-state index in [1.54, 1.807) is 5.38 Å². The standard InChI is InChI=1S/C12H14N2O4S2/c1-2-18-11-4-3-10(7-9(11)8-15)20(16,17)14-12-13-5-6-19-12/h3-7,15H,2,8H2,1H3,(H,13,14). The summed E-state index contributed by atoms with van der Waals surface area (Å²) in [5, 5.41) is 11.3. The van der Waals surface area contributed by atoms with Gasteiger partial charge in [-0.25, -0.2) is 13.4 Å². The highest BCUT2D eigenvalue weighted by Gasteiger charge is 2.17. The van der Waals surface area contributed by atoms with E-state index in [-0.39, 0.29) is 11.5 Å². The van der Waals surface area contributed by atoms with Gasteiger partial charge in [-0.3, -0.25) is 4.72 Å². The third-order valence-electron chi connectivity index (χ3n) is 2.47. The van der Waals surface area contributed by atoms with Gasteiger partial charge in [0.15, 0.2) is 5.13 Å². The van der Waals surface area contributed by atoms with Crippen LogP contribution in [0.4, 0.5) is 5.13 Å². The maximum atomic E-state index is 12.2. The summed E-state index contributed by atoms with van der Waals surface area (Å²) in [5.41, 5.74) is 0.425. The molecule has 0 bridgehead atoms. The molecule has 0 amide bonds. The summed E-state index contributed by atoms with van der Waals surface area (Å²) in [4.78, 5) is 3.93. The Morgan fingerprint density at radius 3 is 2.85 bits per heavy atom. The van der Waals surface area contributed by atoms with E-state index in [4.69, 9.17) is 4.74 Å². The molecule has 0 aliphatic rings. The fourth-order valence-corrected chi connectivity index (χ4v) is 3.43. The average molecular weight is 314 g/mol. The predicted molar refractivity (Wildman–Crippen MR) is 76.5 cm³/mol. The van der Waals surface area contributed by atoms with Gasteiger partial charge in [0.1, 0.15) is 5.75 Å². The summed E-state index contributed by atoms with van der Waals surface area (Å²) in [6, 6.07) is 4.35. The van der Waals surface area contributed by atoms with Gasteiger partial charge in [0.2, 0.25) is 0 Å². The summed E-state index contributed by atoms with van der Waals surface area (Å²) in [7, 11) is -3.72. The molecule has 0 aliphatic carbocycles. The predicted octanol–water partition coefficient (Wildman–Crippen LogP) is 1.83. The van der Waals surface area contributed by atoms with Gasteiger partial charge >= 0.3 is 0 Å². The number of benzene rings is 1. The van der Waals surface area contributed by atoms with E-state index in [1.165, 1.54) is 35.7 Å². The Balaban J connectivity index is 2.32. The molecule has 0 unspecified atom stereocenters. The fraction of sp³-hybridized carbons (Fsp3) is 0.250. The first kappa shape index (κ1) is 14.8. The second-order valence-corrected chi connectivity index (χ2v) is 6.38. The molecule has 108 valence electrons. The minimum Gasteiger partial charge on any atom is -0.494 e. The SMILES string of the molecule is CCOc1ccc(S(=O)(=O)Nc2nccs2)cc1CO. The van der Waals surface area contributed by atoms with Crippen LogP contribution < -0.4 is 9.46 Å². The Bertz CT molecular complexity index is 669. The molecule has 8 heteroatoms. The zero-order valence-corrected chi connectivity index (χ0v) is 12.4. The number of aromatic nitrogens is 1. The van der Waals surface area contributed by atoms with Gasteiger partial charge in [0.05, 0.1) is 18.1 Å². The molecule has 0 radical (unpaired) electrons. The van der Waals surface area contributed by atoms with Crippen molar-refractivity contribution in [2.75, 3.05) is 11.3 Å². The number of ether oxygens (including phenoxy) is 1. The van der Waals surface area contributed by atoms with Crippen LogP contribution in [0.2, 0.25) is 0 Å². The van der Waals surface area contributed by atoms with Crippen LogP contribution in [0, 0.1) is 0 Å². The van der Waals surface area contributed by atoms with Crippen LogP contribution in [0.5, 0.6) is 5.75 Å². The van der Waals surface area contributed by atoms with Gasteiger partial charge < -0.3 is 9.84 Å². The van der Waals surface area contributed by atoms with Gasteiger partial charge in [0, 0.05) is 17.1 Å². The number of anilines is 1. The van der Waals surface area contributed by atoms with Crippen LogP contribution in [0.25, 0.3) is 0 Å². The van der Waals surface area contributed by atoms with E-state index in [9.17, 15) is 13.5 Å². The molecule has 1 heterocycles. The summed E-state index contributed by atoms with van der Waals surface area (Å²) in [5.74, 6) is 0.475. The minimum atomic E-state index is -3.72. The van der Waals surface area contributed by atoms with Gasteiger partial charge in [-0.05, 0) is 25.1 Å². The van der Waals surface area contributed by atoms with Gasteiger partial charge in [0.25, 0.3) is 10.0 Å². The molecule has 2 rings (SSSR count). The normalized spacial score (nSPS) is 11.3. The third-order valence-corrected chi connectivity index (χ3v) is 4.62. The lowest BCUT2D eigenvalue weighted by atomic mass is 10.2. The van der Waals surface area contributed by atoms with Gasteiger partial charge in [-0.15, -0.1) is 11.3 Å². The van der Waals surface area contributed by atoms with Crippen molar-refractivity contribution in [3.8, 4) is 5.75 Å². The topological polar surface area (TPSA) is 88.5 Å². The second-order valence-electron chi connectivity index (χ2n) is 3.80. The van der Waals surface area contributed by atoms with Crippen molar-refractivity contribution in [1.82, 2.24) is 4.98 Å². The third kappa shape index (κ3) is 3.27. The Labute approximate surface area is 121 Å². The van der Waals surface area contributed by atoms with Crippen molar-refractivity contribution >= 4 is 26.5 Å². The fourth-order valence-electron chi connectivity index (χ4n) is 1.59. The highest BCUT2D eigenvalue weighted by Crippen LogP contribution is 2.24. The van der Waals surface area contributed by atoms with Crippen molar-refractivity contribution in [3.63, 3.8) is 0 Å². The first-order valence-electron chi connectivity index (χ1n) is 5.85. The largest absolute Gasteiger partial charge is 0.494 e. The highest BCUT2D eigenvalue weighted by molar-refractivity contribution is 7.93. The summed E-state index contributed by atoms with van der Waals surface area (Å²) in [6.07, 6.45) is 1.51. The molecule has 2 N–H and O–H groups in total. The Morgan fingerprint density at radius 1 is 1.45 bits per heavy atom. The van der Waals surface area contributed by atoms with Crippen molar-refractivity contribution in [3.05, 3.63) is 35.3 Å². The number of aliphatic hydroxyl groups is 1. The van der Waals surface area contributed by atoms with Crippen LogP contribution in [-0.2, 0) is 16.6 Å². The molecule has 0 atom stereocenters. The first-order valence-corrected chi connectivity index (χ1v) is 8.22. The summed E-state index contributed by atoms with van der Waals surface area (Å²) in [6.45, 7) is 1.96. The lowest BCUT2D eigenvalue weighted by Gasteiger charge is -2.11. The number of rotatable bonds is 6. The van der Waals surface area contributed by atoms with Crippen molar-refractivity contribution in [2.24, 2.45) is 0 Å². The van der Waals surface area contributed by atoms with Gasteiger partial charge in [-0.1, -0.05) is 0 Å². The zero-order chi connectivity index (χ0) is 14.6. The molecule has 0 aliphatic heterocycles. The number of aliphatic hydroxyl groups excluding tert-OH is 1. The molecule has 0 spiro atoms. The summed E-state index contributed by atoms with van der Waals surface area (Å²) < 4.78 is 32.0. The molecule has 0 saturated carbocycles. The van der Waals surface area contributed by atoms with Crippen molar-refractivity contribution in [2.45, 2.75) is 18.4 Å². The Hall–Kier alpha value is -1.64. The average Bonchev–Trinajstić information content (AvgIpc) is 2.91. The van der Waals surface area contributed by atoms with Crippen LogP contribution in [-0.4, -0.2) is 25.1 Å². The molecule has 6 nitrogen and oxygen atoms in total. The molecule has 1 aromatic carbocycles. The van der Waals surface area contributed by atoms with Crippen molar-refractivity contribution < 1.29 is 18.3 Å². The summed E-state index contributed by atoms with van der Waals surface area (Å²) >= 11 is 1.19. The van der Waals surface area contributed by atoms with E-state index in [2.05, 4.69) is 9.71 Å². The first-order chi connectivity index (χ1) is 9.56. The number of nitrogens with zero attached hydrogens (tertiary/aromatic N) is 1. The lowest BCUT2D eigenvalue weighted by molar-refractivity contribution is 0.266. The maximum Gasteiger partial charge on any atom is 0.263 e. The van der Waals surface area contributed by atoms with Crippen LogP contribution in [0.1, 0.15) is 12.5 Å². The van der Waals surface area contributed by atoms with Crippen LogP contribution in [0.15, 0.2) is 34.7 Å². The molecule has 2 aromatic rings. The highest BCUT2D eigenvalue weighted by atomic mass is 32.2. The van der Waals surface area contributed by atoms with E-state index < -0.39 is 10.0 Å². The number of hydrogen-bond donors (Lipinski definition) is 2. The zero-order valence-electron chi connectivity index (χ0n) is 10.7. The Morgan fingerprint density at radius 2 is 2.25 bits per heavy atom. The smallest absolute Gasteiger partial charge is 0.263 e. The molecule has 0 saturated heterocycles. The van der Waals surface area contributed by atoms with E-state index in [0.29, 0.717) is 23.1 Å². The van der Waals surface area contributed by atoms with Crippen molar-refractivity contribution in [1.29, 1.82) is 0 Å². The number of sulfonamides is 1.